The molecule has 1 aromatic carbocycles. The third-order valence-electron chi connectivity index (χ3n) is 3.87. The fourth-order valence-corrected chi connectivity index (χ4v) is 2.70. The maximum absolute atomic E-state index is 12.5. The number of nitrogens with zero attached hydrogens (tertiary/aromatic N) is 2. The number of likely N-dealkylation sites (tertiary alicyclic amines) is 1. The third kappa shape index (κ3) is 2.72. The Morgan fingerprint density at radius 3 is 2.57 bits per heavy atom. The summed E-state index contributed by atoms with van der Waals surface area (Å²) in [5.41, 5.74) is 0.208. The van der Waals surface area contributed by atoms with Gasteiger partial charge in [-0.1, -0.05) is 19.1 Å². The minimum Gasteiger partial charge on any atom is -0.481 e. The van der Waals surface area contributed by atoms with Crippen LogP contribution in [0.1, 0.15) is 22.8 Å². The second kappa shape index (κ2) is 5.51. The number of nitro benzene ring substituents is 1. The highest BCUT2D eigenvalue weighted by atomic mass is 16.6. The highest BCUT2D eigenvalue weighted by Gasteiger charge is 2.38. The number of aryl methyl sites for hydroxylation is 1. The van der Waals surface area contributed by atoms with Crippen molar-refractivity contribution in [3.63, 3.8) is 0 Å². The predicted octanol–water partition coefficient (Wildman–Crippen LogP) is 1.70. The lowest BCUT2D eigenvalue weighted by Gasteiger charge is -2.16. The Bertz CT molecular complexity index is 613. The molecule has 1 saturated heterocycles. The molecule has 0 unspecified atom stereocenters. The summed E-state index contributed by atoms with van der Waals surface area (Å²) >= 11 is 0. The lowest BCUT2D eigenvalue weighted by Crippen LogP contribution is -2.30. The monoisotopic (exact) mass is 292 g/mol. The standard InChI is InChI=1S/C14H16N2O5/c1-8-4-3-5-10(12(8)16(20)21)13(17)15-6-9(2)11(7-15)14(18)19/h3-5,9,11H,6-7H2,1-2H3,(H,18,19)/t9-,11-/m1/s1. The molecule has 1 amide bonds. The van der Waals surface area contributed by atoms with Crippen LogP contribution in [-0.2, 0) is 4.79 Å². The number of benzene rings is 1. The van der Waals surface area contributed by atoms with Gasteiger partial charge < -0.3 is 10.0 Å². The number of carboxylic acid groups (broad SMARTS) is 1. The van der Waals surface area contributed by atoms with Crippen LogP contribution in [0.4, 0.5) is 5.69 Å². The van der Waals surface area contributed by atoms with Crippen LogP contribution >= 0.6 is 0 Å². The summed E-state index contributed by atoms with van der Waals surface area (Å²) in [5.74, 6) is -2.23. The molecule has 2 atom stereocenters. The molecule has 1 aromatic rings. The van der Waals surface area contributed by atoms with Gasteiger partial charge in [-0.05, 0) is 18.9 Å². The summed E-state index contributed by atoms with van der Waals surface area (Å²) < 4.78 is 0. The number of carbonyl (C=O) groups excluding carboxylic acids is 1. The van der Waals surface area contributed by atoms with E-state index in [9.17, 15) is 19.7 Å². The van der Waals surface area contributed by atoms with E-state index in [2.05, 4.69) is 0 Å². The fraction of sp³-hybridized carbons (Fsp3) is 0.429. The lowest BCUT2D eigenvalue weighted by molar-refractivity contribution is -0.385. The van der Waals surface area contributed by atoms with Gasteiger partial charge in [0.25, 0.3) is 11.6 Å². The highest BCUT2D eigenvalue weighted by molar-refractivity contribution is 5.99. The van der Waals surface area contributed by atoms with Crippen LogP contribution in [0.3, 0.4) is 0 Å². The average molecular weight is 292 g/mol. The number of aliphatic carboxylic acids is 1. The van der Waals surface area contributed by atoms with Crippen molar-refractivity contribution in [2.75, 3.05) is 13.1 Å². The average Bonchev–Trinajstić information content (AvgIpc) is 2.79. The minimum atomic E-state index is -0.948. The molecular formula is C14H16N2O5. The first-order chi connectivity index (χ1) is 9.82. The van der Waals surface area contributed by atoms with Crippen LogP contribution in [0.25, 0.3) is 0 Å². The van der Waals surface area contributed by atoms with Gasteiger partial charge in [0.15, 0.2) is 0 Å². The van der Waals surface area contributed by atoms with E-state index in [0.717, 1.165) is 0 Å². The second-order valence-electron chi connectivity index (χ2n) is 5.36. The molecule has 0 saturated carbocycles. The number of hydrogen-bond acceptors (Lipinski definition) is 4. The number of para-hydroxylation sites is 1. The molecule has 112 valence electrons. The van der Waals surface area contributed by atoms with E-state index < -0.39 is 22.7 Å². The van der Waals surface area contributed by atoms with Gasteiger partial charge in [-0.3, -0.25) is 19.7 Å². The minimum absolute atomic E-state index is 0.0123. The van der Waals surface area contributed by atoms with Crippen molar-refractivity contribution < 1.29 is 19.6 Å². The SMILES string of the molecule is Cc1cccc(C(=O)N2C[C@@H](C)[C@H](C(=O)O)C2)c1[N+](=O)[O-]. The van der Waals surface area contributed by atoms with Gasteiger partial charge in [-0.25, -0.2) is 0 Å². The van der Waals surface area contributed by atoms with Gasteiger partial charge >= 0.3 is 5.97 Å². The van der Waals surface area contributed by atoms with Crippen LogP contribution in [0, 0.1) is 28.9 Å². The van der Waals surface area contributed by atoms with Gasteiger partial charge in [-0.2, -0.15) is 0 Å². The van der Waals surface area contributed by atoms with E-state index in [1.807, 2.05) is 0 Å². The van der Waals surface area contributed by atoms with Crippen LogP contribution in [0.15, 0.2) is 18.2 Å². The second-order valence-corrected chi connectivity index (χ2v) is 5.36. The zero-order valence-corrected chi connectivity index (χ0v) is 11.8. The fourth-order valence-electron chi connectivity index (χ4n) is 2.70. The molecule has 21 heavy (non-hydrogen) atoms. The Kier molecular flexibility index (Phi) is 3.93. The first-order valence-electron chi connectivity index (χ1n) is 6.59. The van der Waals surface area contributed by atoms with Gasteiger partial charge in [0.2, 0.25) is 0 Å². The molecule has 1 heterocycles. The number of amides is 1. The molecule has 0 bridgehead atoms. The first kappa shape index (κ1) is 15.0. The van der Waals surface area contributed by atoms with Crippen LogP contribution < -0.4 is 0 Å². The number of nitro groups is 1. The molecular weight excluding hydrogens is 276 g/mol. The predicted molar refractivity (Wildman–Crippen MR) is 74.0 cm³/mol. The highest BCUT2D eigenvalue weighted by Crippen LogP contribution is 2.29. The number of carbonyl (C=O) groups is 2. The van der Waals surface area contributed by atoms with Gasteiger partial charge in [-0.15, -0.1) is 0 Å². The van der Waals surface area contributed by atoms with Crippen LogP contribution in [0.5, 0.6) is 0 Å². The van der Waals surface area contributed by atoms with Crippen LogP contribution in [0.2, 0.25) is 0 Å². The molecule has 0 spiro atoms. The van der Waals surface area contributed by atoms with Gasteiger partial charge in [0.05, 0.1) is 10.8 Å². The Labute approximate surface area is 121 Å². The first-order valence-corrected chi connectivity index (χ1v) is 6.59. The quantitative estimate of drug-likeness (QED) is 0.675. The normalized spacial score (nSPS) is 21.3. The van der Waals surface area contributed by atoms with Gasteiger partial charge in [0.1, 0.15) is 5.56 Å². The molecule has 1 N–H and O–H groups in total. The largest absolute Gasteiger partial charge is 0.481 e. The Morgan fingerprint density at radius 2 is 2.05 bits per heavy atom. The zero-order chi connectivity index (χ0) is 15.7. The number of hydrogen-bond donors (Lipinski definition) is 1. The maximum atomic E-state index is 12.5. The van der Waals surface area contributed by atoms with Crippen molar-refractivity contribution in [1.82, 2.24) is 4.90 Å². The van der Waals surface area contributed by atoms with Crippen molar-refractivity contribution in [3.05, 3.63) is 39.4 Å². The summed E-state index contributed by atoms with van der Waals surface area (Å²) in [6.45, 7) is 3.71. The molecule has 7 heteroatoms. The number of carboxylic acids is 1. The smallest absolute Gasteiger partial charge is 0.308 e. The molecule has 0 aliphatic carbocycles. The maximum Gasteiger partial charge on any atom is 0.308 e. The van der Waals surface area contributed by atoms with Crippen molar-refractivity contribution in [1.29, 1.82) is 0 Å². The van der Waals surface area contributed by atoms with E-state index >= 15 is 0 Å². The summed E-state index contributed by atoms with van der Waals surface area (Å²) in [4.78, 5) is 35.5. The van der Waals surface area contributed by atoms with Crippen molar-refractivity contribution in [3.8, 4) is 0 Å². The van der Waals surface area contributed by atoms with Crippen molar-refractivity contribution in [2.24, 2.45) is 11.8 Å². The van der Waals surface area contributed by atoms with Crippen molar-refractivity contribution >= 4 is 17.6 Å². The summed E-state index contributed by atoms with van der Waals surface area (Å²) in [6.07, 6.45) is 0. The third-order valence-corrected chi connectivity index (χ3v) is 3.87. The van der Waals surface area contributed by atoms with Crippen LogP contribution in [-0.4, -0.2) is 39.9 Å². The Morgan fingerprint density at radius 1 is 1.38 bits per heavy atom. The Hall–Kier alpha value is -2.44. The lowest BCUT2D eigenvalue weighted by atomic mass is 9.99. The summed E-state index contributed by atoms with van der Waals surface area (Å²) in [7, 11) is 0. The molecule has 2 rings (SSSR count). The van der Waals surface area contributed by atoms with Crippen molar-refractivity contribution in [2.45, 2.75) is 13.8 Å². The van der Waals surface area contributed by atoms with E-state index in [-0.39, 0.29) is 23.7 Å². The number of rotatable bonds is 3. The van der Waals surface area contributed by atoms with Gasteiger partial charge in [0, 0.05) is 18.7 Å². The molecule has 1 aliphatic rings. The van der Waals surface area contributed by atoms with E-state index in [1.165, 1.54) is 11.0 Å². The molecule has 0 aromatic heterocycles. The van der Waals surface area contributed by atoms with E-state index in [1.54, 1.807) is 26.0 Å². The van der Waals surface area contributed by atoms with E-state index in [0.29, 0.717) is 12.1 Å². The van der Waals surface area contributed by atoms with E-state index in [4.69, 9.17) is 5.11 Å². The topological polar surface area (TPSA) is 101 Å². The summed E-state index contributed by atoms with van der Waals surface area (Å²) in [5, 5.41) is 20.2. The Balaban J connectivity index is 2.32. The molecule has 0 radical (unpaired) electrons. The molecule has 1 aliphatic heterocycles. The summed E-state index contributed by atoms with van der Waals surface area (Å²) in [6, 6.07) is 4.57. The molecule has 7 nitrogen and oxygen atoms in total. The zero-order valence-electron chi connectivity index (χ0n) is 11.8. The molecule has 1 fully saturated rings.